The Bertz CT molecular complexity index is 464. The molecule has 0 aromatic heterocycles. The van der Waals surface area contributed by atoms with E-state index in [1.54, 1.807) is 0 Å². The average Bonchev–Trinajstić information content (AvgIpc) is 2.48. The lowest BCUT2D eigenvalue weighted by atomic mass is 9.81. The first kappa shape index (κ1) is 16.4. The molecule has 3 nitrogen and oxygen atoms in total. The minimum atomic E-state index is 0. The van der Waals surface area contributed by atoms with E-state index in [4.69, 9.17) is 9.47 Å². The topological polar surface area (TPSA) is 21.7 Å². The monoisotopic (exact) mass is 311 g/mol. The first-order valence-corrected chi connectivity index (χ1v) is 7.97. The zero-order chi connectivity index (χ0) is 13.9. The van der Waals surface area contributed by atoms with Gasteiger partial charge in [0.25, 0.3) is 0 Å². The van der Waals surface area contributed by atoms with Gasteiger partial charge in [-0.1, -0.05) is 13.0 Å². The summed E-state index contributed by atoms with van der Waals surface area (Å²) in [6.07, 6.45) is 3.75. The summed E-state index contributed by atoms with van der Waals surface area (Å²) in [6, 6.07) is 6.74. The highest BCUT2D eigenvalue weighted by molar-refractivity contribution is 5.85. The standard InChI is InChI=1S/C17H25NO2.ClH/c1-3-10-18-11-6-7-13-14(18)12-20-16-9-5-8-15(17(13)16)19-4-2;/h5,8-9,13-14H,3-4,6-7,10-12H2,1-2H3;1H/t13-,14+;/m1./s1. The minimum absolute atomic E-state index is 0. The van der Waals surface area contributed by atoms with Crippen molar-refractivity contribution >= 4 is 12.4 Å². The lowest BCUT2D eigenvalue weighted by Crippen LogP contribution is -2.49. The van der Waals surface area contributed by atoms with Gasteiger partial charge in [-0.05, 0) is 51.4 Å². The molecule has 2 heterocycles. The van der Waals surface area contributed by atoms with Crippen molar-refractivity contribution < 1.29 is 9.47 Å². The van der Waals surface area contributed by atoms with Gasteiger partial charge in [-0.25, -0.2) is 0 Å². The van der Waals surface area contributed by atoms with Gasteiger partial charge < -0.3 is 9.47 Å². The number of hydrogen-bond donors (Lipinski definition) is 0. The number of fused-ring (bicyclic) bond motifs is 3. The molecule has 0 unspecified atom stereocenters. The van der Waals surface area contributed by atoms with Crippen molar-refractivity contribution in [3.63, 3.8) is 0 Å². The van der Waals surface area contributed by atoms with Gasteiger partial charge >= 0.3 is 0 Å². The van der Waals surface area contributed by atoms with Crippen molar-refractivity contribution in [2.75, 3.05) is 26.3 Å². The Labute approximate surface area is 134 Å². The Morgan fingerprint density at radius 1 is 1.33 bits per heavy atom. The number of benzene rings is 1. The lowest BCUT2D eigenvalue weighted by Gasteiger charge is -2.44. The van der Waals surface area contributed by atoms with E-state index in [1.807, 2.05) is 13.0 Å². The molecule has 0 saturated carbocycles. The quantitative estimate of drug-likeness (QED) is 0.843. The van der Waals surface area contributed by atoms with Gasteiger partial charge in [-0.2, -0.15) is 0 Å². The molecule has 0 radical (unpaired) electrons. The maximum atomic E-state index is 6.03. The van der Waals surface area contributed by atoms with Crippen molar-refractivity contribution in [2.24, 2.45) is 0 Å². The second-order valence-electron chi connectivity index (χ2n) is 5.76. The van der Waals surface area contributed by atoms with Crippen molar-refractivity contribution in [3.05, 3.63) is 23.8 Å². The highest BCUT2D eigenvalue weighted by Crippen LogP contribution is 2.45. The molecular weight excluding hydrogens is 286 g/mol. The Kier molecular flexibility index (Phi) is 5.77. The molecule has 2 aliphatic rings. The van der Waals surface area contributed by atoms with Crippen LogP contribution < -0.4 is 9.47 Å². The third-order valence-corrected chi connectivity index (χ3v) is 4.51. The third-order valence-electron chi connectivity index (χ3n) is 4.51. The van der Waals surface area contributed by atoms with E-state index < -0.39 is 0 Å². The summed E-state index contributed by atoms with van der Waals surface area (Å²) in [6.45, 7) is 8.23. The first-order chi connectivity index (χ1) is 9.85. The summed E-state index contributed by atoms with van der Waals surface area (Å²) in [7, 11) is 0. The Balaban J connectivity index is 0.00000161. The van der Waals surface area contributed by atoms with Gasteiger partial charge in [0, 0.05) is 11.5 Å². The Hall–Kier alpha value is -0.930. The van der Waals surface area contributed by atoms with E-state index in [2.05, 4.69) is 24.0 Å². The number of rotatable bonds is 4. The lowest BCUT2D eigenvalue weighted by molar-refractivity contribution is 0.0643. The molecule has 4 heteroatoms. The van der Waals surface area contributed by atoms with E-state index in [1.165, 1.54) is 37.9 Å². The molecule has 0 amide bonds. The smallest absolute Gasteiger partial charge is 0.126 e. The summed E-state index contributed by atoms with van der Waals surface area (Å²) in [5.74, 6) is 2.63. The zero-order valence-electron chi connectivity index (χ0n) is 13.0. The van der Waals surface area contributed by atoms with Crippen LogP contribution in [-0.2, 0) is 0 Å². The fraction of sp³-hybridized carbons (Fsp3) is 0.647. The van der Waals surface area contributed by atoms with Crippen molar-refractivity contribution in [3.8, 4) is 11.5 Å². The van der Waals surface area contributed by atoms with Crippen LogP contribution in [-0.4, -0.2) is 37.2 Å². The number of halogens is 1. The van der Waals surface area contributed by atoms with Crippen LogP contribution in [0.5, 0.6) is 11.5 Å². The summed E-state index contributed by atoms with van der Waals surface area (Å²) in [5, 5.41) is 0. The minimum Gasteiger partial charge on any atom is -0.493 e. The highest BCUT2D eigenvalue weighted by atomic mass is 35.5. The van der Waals surface area contributed by atoms with Crippen LogP contribution in [0.1, 0.15) is 44.6 Å². The molecule has 2 atom stereocenters. The molecule has 3 rings (SSSR count). The maximum absolute atomic E-state index is 6.03. The van der Waals surface area contributed by atoms with Gasteiger partial charge in [-0.15, -0.1) is 12.4 Å². The van der Waals surface area contributed by atoms with E-state index in [-0.39, 0.29) is 12.4 Å². The molecule has 21 heavy (non-hydrogen) atoms. The van der Waals surface area contributed by atoms with Gasteiger partial charge in [0.05, 0.1) is 12.6 Å². The van der Waals surface area contributed by atoms with E-state index in [0.717, 1.165) is 18.1 Å². The van der Waals surface area contributed by atoms with Gasteiger partial charge in [0.15, 0.2) is 0 Å². The van der Waals surface area contributed by atoms with E-state index >= 15 is 0 Å². The molecule has 1 aromatic rings. The van der Waals surface area contributed by atoms with Crippen LogP contribution in [0.4, 0.5) is 0 Å². The molecule has 1 aromatic carbocycles. The van der Waals surface area contributed by atoms with Gasteiger partial charge in [-0.3, -0.25) is 4.90 Å². The van der Waals surface area contributed by atoms with Crippen LogP contribution in [0.3, 0.4) is 0 Å². The van der Waals surface area contributed by atoms with E-state index in [9.17, 15) is 0 Å². The zero-order valence-corrected chi connectivity index (χ0v) is 13.8. The van der Waals surface area contributed by atoms with Crippen LogP contribution in [0.15, 0.2) is 18.2 Å². The average molecular weight is 312 g/mol. The van der Waals surface area contributed by atoms with Crippen LogP contribution >= 0.6 is 12.4 Å². The summed E-state index contributed by atoms with van der Waals surface area (Å²) in [5.41, 5.74) is 1.31. The predicted molar refractivity (Wildman–Crippen MR) is 88.0 cm³/mol. The Morgan fingerprint density at radius 3 is 2.95 bits per heavy atom. The second-order valence-corrected chi connectivity index (χ2v) is 5.76. The summed E-state index contributed by atoms with van der Waals surface area (Å²) < 4.78 is 11.9. The summed E-state index contributed by atoms with van der Waals surface area (Å²) in [4.78, 5) is 2.61. The first-order valence-electron chi connectivity index (χ1n) is 7.97. The molecule has 1 saturated heterocycles. The molecule has 0 N–H and O–H groups in total. The van der Waals surface area contributed by atoms with Gasteiger partial charge in [0.2, 0.25) is 0 Å². The fourth-order valence-electron chi connectivity index (χ4n) is 3.72. The molecule has 2 aliphatic heterocycles. The van der Waals surface area contributed by atoms with Gasteiger partial charge in [0.1, 0.15) is 18.1 Å². The summed E-state index contributed by atoms with van der Waals surface area (Å²) >= 11 is 0. The Morgan fingerprint density at radius 2 is 2.19 bits per heavy atom. The largest absolute Gasteiger partial charge is 0.493 e. The van der Waals surface area contributed by atoms with Crippen molar-refractivity contribution in [1.82, 2.24) is 4.90 Å². The third kappa shape index (κ3) is 3.14. The van der Waals surface area contributed by atoms with Crippen LogP contribution in [0.2, 0.25) is 0 Å². The number of hydrogen-bond acceptors (Lipinski definition) is 3. The number of piperidine rings is 1. The van der Waals surface area contributed by atoms with E-state index in [0.29, 0.717) is 18.6 Å². The second kappa shape index (κ2) is 7.37. The number of ether oxygens (including phenoxy) is 2. The molecule has 0 aliphatic carbocycles. The number of likely N-dealkylation sites (tertiary alicyclic amines) is 1. The fourth-order valence-corrected chi connectivity index (χ4v) is 3.72. The molecule has 0 spiro atoms. The molecule has 1 fully saturated rings. The van der Waals surface area contributed by atoms with Crippen molar-refractivity contribution in [2.45, 2.75) is 45.1 Å². The predicted octanol–water partition coefficient (Wildman–Crippen LogP) is 3.86. The molecule has 118 valence electrons. The van der Waals surface area contributed by atoms with Crippen molar-refractivity contribution in [1.29, 1.82) is 0 Å². The molecule has 0 bridgehead atoms. The molecular formula is C17H26ClNO2. The normalized spacial score (nSPS) is 24.3. The maximum Gasteiger partial charge on any atom is 0.126 e. The van der Waals surface area contributed by atoms with Crippen LogP contribution in [0.25, 0.3) is 0 Å². The number of nitrogens with zero attached hydrogens (tertiary/aromatic N) is 1. The SMILES string of the molecule is CCCN1CCC[C@H]2c3c(OCC)cccc3OC[C@@H]21.Cl. The highest BCUT2D eigenvalue weighted by Gasteiger charge is 2.38. The van der Waals surface area contributed by atoms with Crippen LogP contribution in [0, 0.1) is 0 Å².